The molecule has 1 amide bonds. The van der Waals surface area contributed by atoms with Gasteiger partial charge in [0.05, 0.1) is 26.0 Å². The highest BCUT2D eigenvalue weighted by Crippen LogP contribution is 2.36. The van der Waals surface area contributed by atoms with Crippen molar-refractivity contribution in [3.63, 3.8) is 0 Å². The van der Waals surface area contributed by atoms with Crippen LogP contribution in [0.15, 0.2) is 12.8 Å². The lowest BCUT2D eigenvalue weighted by molar-refractivity contribution is -0.288. The number of carbonyl (C=O) groups excluding carboxylic acids is 1. The molecule has 0 spiro atoms. The predicted molar refractivity (Wildman–Crippen MR) is 83.5 cm³/mol. The molecule has 1 rings (SSSR count). The molecule has 8 nitrogen and oxygen atoms in total. The normalized spacial score (nSPS) is 18.9. The van der Waals surface area contributed by atoms with Crippen LogP contribution in [0.2, 0.25) is 0 Å². The summed E-state index contributed by atoms with van der Waals surface area (Å²) in [5.41, 5.74) is 0. The summed E-state index contributed by atoms with van der Waals surface area (Å²) in [5, 5.41) is -3.76. The van der Waals surface area contributed by atoms with Crippen LogP contribution >= 0.6 is 0 Å². The van der Waals surface area contributed by atoms with Gasteiger partial charge in [0.1, 0.15) is 6.61 Å². The molecule has 1 unspecified atom stereocenters. The number of nitrogens with one attached hydrogen (secondary N) is 1. The molecule has 0 aromatic carbocycles. The minimum atomic E-state index is -6.30. The lowest BCUT2D eigenvalue weighted by Crippen LogP contribution is -2.51. The first-order valence-electron chi connectivity index (χ1n) is 7.91. The van der Waals surface area contributed by atoms with Gasteiger partial charge in [-0.25, -0.2) is 0 Å². The second-order valence-electron chi connectivity index (χ2n) is 5.78. The van der Waals surface area contributed by atoms with Crippen LogP contribution in [0.25, 0.3) is 0 Å². The lowest BCUT2D eigenvalue weighted by Gasteiger charge is -2.36. The van der Waals surface area contributed by atoms with Gasteiger partial charge in [-0.1, -0.05) is 6.58 Å². The van der Waals surface area contributed by atoms with Gasteiger partial charge >= 0.3 is 27.5 Å². The molecule has 1 fully saturated rings. The van der Waals surface area contributed by atoms with E-state index in [-0.39, 0.29) is 19.8 Å². The van der Waals surface area contributed by atoms with Crippen LogP contribution in [-0.4, -0.2) is 64.0 Å². The van der Waals surface area contributed by atoms with Crippen LogP contribution in [0.3, 0.4) is 0 Å². The lowest BCUT2D eigenvalue weighted by atomic mass is 10.1. The Balaban J connectivity index is 2.92. The van der Waals surface area contributed by atoms with Gasteiger partial charge in [0, 0.05) is 6.42 Å². The average molecular weight is 441 g/mol. The molecule has 1 heterocycles. The summed E-state index contributed by atoms with van der Waals surface area (Å²) in [6.07, 6.45) is -8.48. The summed E-state index contributed by atoms with van der Waals surface area (Å²) >= 11 is 0. The highest BCUT2D eigenvalue weighted by atomic mass is 32.2. The number of carbonyl (C=O) groups is 1. The highest BCUT2D eigenvalue weighted by molar-refractivity contribution is 7.88. The fourth-order valence-corrected chi connectivity index (χ4v) is 2.98. The van der Waals surface area contributed by atoms with Crippen molar-refractivity contribution in [1.29, 1.82) is 0 Å². The number of amides is 1. The maximum atomic E-state index is 13.9. The summed E-state index contributed by atoms with van der Waals surface area (Å²) in [4.78, 5) is 11.4. The van der Waals surface area contributed by atoms with E-state index in [1.165, 1.54) is 5.32 Å². The SMILES string of the molecule is C=COCCNC(=O)C(F)(F)S(=O)(=O)OC(CC1(C)OCCCO1)C(F)(F)F. The molecule has 0 aromatic heterocycles. The quantitative estimate of drug-likeness (QED) is 0.238. The van der Waals surface area contributed by atoms with E-state index in [4.69, 9.17) is 9.47 Å². The van der Waals surface area contributed by atoms with Gasteiger partial charge in [-0.3, -0.25) is 8.98 Å². The van der Waals surface area contributed by atoms with Crippen molar-refractivity contribution in [1.82, 2.24) is 5.32 Å². The summed E-state index contributed by atoms with van der Waals surface area (Å²) in [6.45, 7) is 3.43. The van der Waals surface area contributed by atoms with Crippen molar-refractivity contribution in [2.75, 3.05) is 26.4 Å². The number of ether oxygens (including phenoxy) is 3. The number of alkyl halides is 5. The van der Waals surface area contributed by atoms with E-state index in [1.807, 2.05) is 0 Å². The third-order valence-corrected chi connectivity index (χ3v) is 4.77. The second-order valence-corrected chi connectivity index (χ2v) is 7.39. The maximum Gasteiger partial charge on any atom is 0.446 e. The fraction of sp³-hybridized carbons (Fsp3) is 0.786. The van der Waals surface area contributed by atoms with E-state index < -0.39 is 52.3 Å². The van der Waals surface area contributed by atoms with Gasteiger partial charge in [-0.15, -0.1) is 0 Å². The first-order valence-corrected chi connectivity index (χ1v) is 9.32. The molecular formula is C14H20F5NO7S. The Bertz CT molecular complexity index is 647. The van der Waals surface area contributed by atoms with Gasteiger partial charge < -0.3 is 19.5 Å². The minimum absolute atomic E-state index is 0.0270. The number of halogens is 5. The molecule has 1 aliphatic heterocycles. The van der Waals surface area contributed by atoms with E-state index in [2.05, 4.69) is 15.5 Å². The molecule has 1 saturated heterocycles. The van der Waals surface area contributed by atoms with Gasteiger partial charge in [0.25, 0.3) is 0 Å². The van der Waals surface area contributed by atoms with Crippen molar-refractivity contribution in [3.8, 4) is 0 Å². The number of rotatable bonds is 10. The molecule has 0 radical (unpaired) electrons. The number of hydrogen-bond donors (Lipinski definition) is 1. The average Bonchev–Trinajstić information content (AvgIpc) is 2.57. The van der Waals surface area contributed by atoms with Gasteiger partial charge in [0.2, 0.25) is 0 Å². The standard InChI is InChI=1S/C14H20F5NO7S/c1-3-24-8-5-20-11(21)14(18,19)28(22,23)27-10(13(15,16)17)9-12(2)25-6-4-7-26-12/h3,10H,1,4-9H2,2H3,(H,20,21). The van der Waals surface area contributed by atoms with Crippen molar-refractivity contribution in [2.45, 2.75) is 43.1 Å². The minimum Gasteiger partial charge on any atom is -0.500 e. The topological polar surface area (TPSA) is 100 Å². The van der Waals surface area contributed by atoms with Gasteiger partial charge in [-0.05, 0) is 13.3 Å². The smallest absolute Gasteiger partial charge is 0.446 e. The van der Waals surface area contributed by atoms with Crippen LogP contribution < -0.4 is 5.32 Å². The Morgan fingerprint density at radius 2 is 1.86 bits per heavy atom. The Kier molecular flexibility index (Phi) is 8.17. The first-order chi connectivity index (χ1) is 12.8. The fourth-order valence-electron chi connectivity index (χ4n) is 2.07. The molecule has 1 N–H and O–H groups in total. The van der Waals surface area contributed by atoms with Crippen molar-refractivity contribution in [3.05, 3.63) is 12.8 Å². The maximum absolute atomic E-state index is 13.9. The van der Waals surface area contributed by atoms with E-state index in [9.17, 15) is 35.2 Å². The molecule has 164 valence electrons. The highest BCUT2D eigenvalue weighted by Gasteiger charge is 2.58. The molecule has 0 aliphatic carbocycles. The summed E-state index contributed by atoms with van der Waals surface area (Å²) < 4.78 is 109. The largest absolute Gasteiger partial charge is 0.500 e. The molecular weight excluding hydrogens is 421 g/mol. The monoisotopic (exact) mass is 441 g/mol. The second kappa shape index (κ2) is 9.33. The Labute approximate surface area is 158 Å². The van der Waals surface area contributed by atoms with E-state index >= 15 is 0 Å². The Hall–Kier alpha value is -1.51. The zero-order valence-corrected chi connectivity index (χ0v) is 15.6. The van der Waals surface area contributed by atoms with Crippen molar-refractivity contribution >= 4 is 16.0 Å². The van der Waals surface area contributed by atoms with E-state index in [1.54, 1.807) is 0 Å². The summed E-state index contributed by atoms with van der Waals surface area (Å²) in [5.74, 6) is -4.26. The third kappa shape index (κ3) is 6.53. The van der Waals surface area contributed by atoms with Crippen LogP contribution in [-0.2, 0) is 33.3 Å². The van der Waals surface area contributed by atoms with Crippen LogP contribution in [0.1, 0.15) is 19.8 Å². The van der Waals surface area contributed by atoms with E-state index in [0.717, 1.165) is 13.2 Å². The molecule has 1 aliphatic rings. The molecule has 0 bridgehead atoms. The molecule has 28 heavy (non-hydrogen) atoms. The zero-order chi connectivity index (χ0) is 21.6. The van der Waals surface area contributed by atoms with Crippen molar-refractivity contribution in [2.24, 2.45) is 0 Å². The first kappa shape index (κ1) is 24.5. The van der Waals surface area contributed by atoms with Crippen LogP contribution in [0.5, 0.6) is 0 Å². The van der Waals surface area contributed by atoms with Crippen molar-refractivity contribution < 1.29 is 53.6 Å². The van der Waals surface area contributed by atoms with E-state index in [0.29, 0.717) is 6.42 Å². The zero-order valence-electron chi connectivity index (χ0n) is 14.8. The molecule has 14 heteroatoms. The molecule has 1 atom stereocenters. The molecule has 0 aromatic rings. The Morgan fingerprint density at radius 1 is 1.29 bits per heavy atom. The van der Waals surface area contributed by atoms with Gasteiger partial charge in [0.15, 0.2) is 11.9 Å². The van der Waals surface area contributed by atoms with Gasteiger partial charge in [-0.2, -0.15) is 30.4 Å². The van der Waals surface area contributed by atoms with Crippen LogP contribution in [0.4, 0.5) is 22.0 Å². The van der Waals surface area contributed by atoms with Crippen LogP contribution in [0, 0.1) is 0 Å². The Morgan fingerprint density at radius 3 is 2.36 bits per heavy atom. The third-order valence-electron chi connectivity index (χ3n) is 3.47. The molecule has 0 saturated carbocycles. The predicted octanol–water partition coefficient (Wildman–Crippen LogP) is 1.68. The number of hydrogen-bond acceptors (Lipinski definition) is 7. The summed E-state index contributed by atoms with van der Waals surface area (Å²) in [7, 11) is -6.30. The summed E-state index contributed by atoms with van der Waals surface area (Å²) in [6, 6.07) is 0.